The van der Waals surface area contributed by atoms with Crippen molar-refractivity contribution in [1.82, 2.24) is 9.97 Å². The molecule has 7 nitrogen and oxygen atoms in total. The zero-order valence-corrected chi connectivity index (χ0v) is 14.9. The van der Waals surface area contributed by atoms with Gasteiger partial charge in [0, 0.05) is 18.7 Å². The van der Waals surface area contributed by atoms with E-state index in [0.29, 0.717) is 24.6 Å². The van der Waals surface area contributed by atoms with Gasteiger partial charge in [-0.25, -0.2) is 18.4 Å². The van der Waals surface area contributed by atoms with E-state index in [0.717, 1.165) is 17.7 Å². The topological polar surface area (TPSA) is 93.2 Å². The Morgan fingerprint density at radius 1 is 1.24 bits per heavy atom. The molecule has 0 amide bonds. The molecule has 0 radical (unpaired) electrons. The lowest BCUT2D eigenvalue weighted by atomic mass is 10.1. The van der Waals surface area contributed by atoms with E-state index in [2.05, 4.69) is 20.6 Å². The van der Waals surface area contributed by atoms with Gasteiger partial charge in [0.25, 0.3) is 0 Å². The van der Waals surface area contributed by atoms with Gasteiger partial charge >= 0.3 is 0 Å². The highest BCUT2D eigenvalue weighted by molar-refractivity contribution is 7.91. The summed E-state index contributed by atoms with van der Waals surface area (Å²) < 4.78 is 28.4. The van der Waals surface area contributed by atoms with E-state index in [9.17, 15) is 8.42 Å². The first-order valence-corrected chi connectivity index (χ1v) is 10.0. The Balaban J connectivity index is 1.55. The maximum Gasteiger partial charge on any atom is 0.152 e. The van der Waals surface area contributed by atoms with Crippen LogP contribution >= 0.6 is 0 Å². The number of anilines is 2. The Morgan fingerprint density at radius 3 is 2.80 bits per heavy atom. The number of methoxy groups -OCH3 is 1. The third kappa shape index (κ3) is 4.82. The predicted octanol–water partition coefficient (Wildman–Crippen LogP) is 1.74. The highest BCUT2D eigenvalue weighted by atomic mass is 32.2. The molecule has 1 aromatic carbocycles. The van der Waals surface area contributed by atoms with E-state index in [1.54, 1.807) is 13.2 Å². The van der Waals surface area contributed by atoms with E-state index in [-0.39, 0.29) is 17.5 Å². The van der Waals surface area contributed by atoms with Crippen molar-refractivity contribution in [2.24, 2.45) is 0 Å². The van der Waals surface area contributed by atoms with E-state index < -0.39 is 9.84 Å². The Kier molecular flexibility index (Phi) is 5.37. The van der Waals surface area contributed by atoms with Crippen LogP contribution in [0.15, 0.2) is 36.7 Å². The standard InChI is InChI=1S/C17H22N4O3S/c1-24-15-5-3-2-4-13(15)6-8-18-16-10-17(20-12-19-16)21-14-7-9-25(22,23)11-14/h2-5,10,12,14H,6-9,11H2,1H3,(H2,18,19,20,21). The Hall–Kier alpha value is -2.35. The number of nitrogens with zero attached hydrogens (tertiary/aromatic N) is 2. The second kappa shape index (κ2) is 7.69. The molecule has 2 aromatic rings. The molecule has 8 heteroatoms. The van der Waals surface area contributed by atoms with Gasteiger partial charge in [0.15, 0.2) is 9.84 Å². The molecule has 2 N–H and O–H groups in total. The smallest absolute Gasteiger partial charge is 0.152 e. The summed E-state index contributed by atoms with van der Waals surface area (Å²) in [6, 6.07) is 9.63. The number of nitrogens with one attached hydrogen (secondary N) is 2. The molecule has 1 saturated heterocycles. The number of hydrogen-bond acceptors (Lipinski definition) is 7. The SMILES string of the molecule is COc1ccccc1CCNc1cc(NC2CCS(=O)(=O)C2)ncn1. The zero-order valence-electron chi connectivity index (χ0n) is 14.1. The first kappa shape index (κ1) is 17.5. The molecule has 0 saturated carbocycles. The van der Waals surface area contributed by atoms with Crippen LogP contribution < -0.4 is 15.4 Å². The molecule has 0 bridgehead atoms. The molecular weight excluding hydrogens is 340 g/mol. The van der Waals surface area contributed by atoms with E-state index in [1.165, 1.54) is 6.33 Å². The minimum Gasteiger partial charge on any atom is -0.496 e. The van der Waals surface area contributed by atoms with Crippen LogP contribution in [0, 0.1) is 0 Å². The number of hydrogen-bond donors (Lipinski definition) is 2. The summed E-state index contributed by atoms with van der Waals surface area (Å²) in [6.07, 6.45) is 2.89. The monoisotopic (exact) mass is 362 g/mol. The van der Waals surface area contributed by atoms with Crippen molar-refractivity contribution in [2.45, 2.75) is 18.9 Å². The van der Waals surface area contributed by atoms with Crippen LogP contribution in [0.1, 0.15) is 12.0 Å². The van der Waals surface area contributed by atoms with Crippen molar-refractivity contribution < 1.29 is 13.2 Å². The largest absolute Gasteiger partial charge is 0.496 e. The van der Waals surface area contributed by atoms with Crippen LogP contribution in [0.3, 0.4) is 0 Å². The number of para-hydroxylation sites is 1. The molecule has 1 unspecified atom stereocenters. The summed E-state index contributed by atoms with van der Waals surface area (Å²) in [5.41, 5.74) is 1.13. The van der Waals surface area contributed by atoms with Crippen molar-refractivity contribution in [3.63, 3.8) is 0 Å². The van der Waals surface area contributed by atoms with Crippen molar-refractivity contribution >= 4 is 21.5 Å². The predicted molar refractivity (Wildman–Crippen MR) is 97.9 cm³/mol. The lowest BCUT2D eigenvalue weighted by molar-refractivity contribution is 0.410. The van der Waals surface area contributed by atoms with Gasteiger partial charge in [-0.1, -0.05) is 18.2 Å². The van der Waals surface area contributed by atoms with Crippen LogP contribution in [-0.2, 0) is 16.3 Å². The van der Waals surface area contributed by atoms with Crippen molar-refractivity contribution in [3.05, 3.63) is 42.2 Å². The minimum atomic E-state index is -2.91. The first-order valence-electron chi connectivity index (χ1n) is 8.20. The van der Waals surface area contributed by atoms with Crippen LogP contribution in [0.4, 0.5) is 11.6 Å². The van der Waals surface area contributed by atoms with Gasteiger partial charge in [-0.05, 0) is 24.5 Å². The lowest BCUT2D eigenvalue weighted by Crippen LogP contribution is -2.21. The number of ether oxygens (including phenoxy) is 1. The van der Waals surface area contributed by atoms with Gasteiger partial charge in [-0.15, -0.1) is 0 Å². The number of aromatic nitrogens is 2. The molecule has 25 heavy (non-hydrogen) atoms. The number of sulfone groups is 1. The molecule has 1 aromatic heterocycles. The third-order valence-corrected chi connectivity index (χ3v) is 5.91. The highest BCUT2D eigenvalue weighted by Gasteiger charge is 2.27. The Morgan fingerprint density at radius 2 is 2.04 bits per heavy atom. The molecular formula is C17H22N4O3S. The van der Waals surface area contributed by atoms with E-state index in [1.807, 2.05) is 24.3 Å². The van der Waals surface area contributed by atoms with Crippen LogP contribution in [0.2, 0.25) is 0 Å². The molecule has 0 spiro atoms. The van der Waals surface area contributed by atoms with Gasteiger partial charge in [0.1, 0.15) is 23.7 Å². The molecule has 1 atom stereocenters. The normalized spacial score (nSPS) is 18.7. The molecule has 1 fully saturated rings. The van der Waals surface area contributed by atoms with Crippen LogP contribution in [0.25, 0.3) is 0 Å². The molecule has 0 aliphatic carbocycles. The summed E-state index contributed by atoms with van der Waals surface area (Å²) in [4.78, 5) is 8.37. The summed E-state index contributed by atoms with van der Waals surface area (Å²) >= 11 is 0. The van der Waals surface area contributed by atoms with Crippen molar-refractivity contribution in [1.29, 1.82) is 0 Å². The average Bonchev–Trinajstić information content (AvgIpc) is 2.94. The summed E-state index contributed by atoms with van der Waals surface area (Å²) in [5.74, 6) is 2.61. The van der Waals surface area contributed by atoms with Crippen molar-refractivity contribution in [2.75, 3.05) is 35.8 Å². The summed E-state index contributed by atoms with van der Waals surface area (Å²) in [5, 5.41) is 6.43. The molecule has 2 heterocycles. The molecule has 134 valence electrons. The fraction of sp³-hybridized carbons (Fsp3) is 0.412. The van der Waals surface area contributed by atoms with Gasteiger partial charge < -0.3 is 15.4 Å². The highest BCUT2D eigenvalue weighted by Crippen LogP contribution is 2.19. The zero-order chi connectivity index (χ0) is 17.7. The number of rotatable bonds is 7. The maximum atomic E-state index is 11.5. The van der Waals surface area contributed by atoms with Crippen LogP contribution in [0.5, 0.6) is 5.75 Å². The first-order chi connectivity index (χ1) is 12.1. The van der Waals surface area contributed by atoms with Crippen molar-refractivity contribution in [3.8, 4) is 5.75 Å². The van der Waals surface area contributed by atoms with Crippen LogP contribution in [-0.4, -0.2) is 49.6 Å². The molecule has 3 rings (SSSR count). The fourth-order valence-electron chi connectivity index (χ4n) is 2.89. The fourth-order valence-corrected chi connectivity index (χ4v) is 4.56. The van der Waals surface area contributed by atoms with E-state index in [4.69, 9.17) is 4.74 Å². The summed E-state index contributed by atoms with van der Waals surface area (Å²) in [6.45, 7) is 0.703. The number of benzene rings is 1. The lowest BCUT2D eigenvalue weighted by Gasteiger charge is -2.13. The second-order valence-electron chi connectivity index (χ2n) is 6.02. The van der Waals surface area contributed by atoms with E-state index >= 15 is 0 Å². The molecule has 1 aliphatic heterocycles. The van der Waals surface area contributed by atoms with Gasteiger partial charge in [-0.3, -0.25) is 0 Å². The van der Waals surface area contributed by atoms with Gasteiger partial charge in [-0.2, -0.15) is 0 Å². The summed E-state index contributed by atoms with van der Waals surface area (Å²) in [7, 11) is -1.25. The second-order valence-corrected chi connectivity index (χ2v) is 8.25. The third-order valence-electron chi connectivity index (χ3n) is 4.14. The Bertz CT molecular complexity index is 826. The molecule has 1 aliphatic rings. The Labute approximate surface area is 147 Å². The van der Waals surface area contributed by atoms with Gasteiger partial charge in [0.2, 0.25) is 0 Å². The minimum absolute atomic E-state index is 0.0821. The average molecular weight is 362 g/mol. The van der Waals surface area contributed by atoms with Gasteiger partial charge in [0.05, 0.1) is 18.6 Å². The quantitative estimate of drug-likeness (QED) is 0.775. The maximum absolute atomic E-state index is 11.5.